The van der Waals surface area contributed by atoms with E-state index in [-0.39, 0.29) is 18.5 Å². The van der Waals surface area contributed by atoms with Gasteiger partial charge in [-0.15, -0.1) is 0 Å². The Balaban J connectivity index is 2.07. The Kier molecular flexibility index (Phi) is 7.86. The maximum atomic E-state index is 11.7. The van der Waals surface area contributed by atoms with E-state index in [1.54, 1.807) is 6.20 Å². The zero-order valence-corrected chi connectivity index (χ0v) is 12.3. The van der Waals surface area contributed by atoms with Gasteiger partial charge in [-0.25, -0.2) is 4.79 Å². The topological polar surface area (TPSA) is 91.3 Å². The number of hydrogen-bond acceptors (Lipinski definition) is 3. The lowest BCUT2D eigenvalue weighted by Gasteiger charge is -2.14. The number of urea groups is 1. The minimum Gasteiger partial charge on any atom is -0.481 e. The molecule has 0 radical (unpaired) electrons. The van der Waals surface area contributed by atoms with Gasteiger partial charge in [-0.1, -0.05) is 18.9 Å². The number of hydrogen-bond donors (Lipinski definition) is 3. The van der Waals surface area contributed by atoms with E-state index >= 15 is 0 Å². The lowest BCUT2D eigenvalue weighted by atomic mass is 10.1. The zero-order chi connectivity index (χ0) is 15.5. The van der Waals surface area contributed by atoms with Gasteiger partial charge in [0.2, 0.25) is 0 Å². The third kappa shape index (κ3) is 7.91. The van der Waals surface area contributed by atoms with Gasteiger partial charge < -0.3 is 15.7 Å². The lowest BCUT2D eigenvalue weighted by molar-refractivity contribution is -0.137. The highest BCUT2D eigenvalue weighted by Crippen LogP contribution is 2.07. The molecule has 6 nitrogen and oxygen atoms in total. The highest BCUT2D eigenvalue weighted by Gasteiger charge is 2.09. The molecule has 21 heavy (non-hydrogen) atoms. The van der Waals surface area contributed by atoms with Gasteiger partial charge in [0.25, 0.3) is 0 Å². The number of carboxylic acids is 1. The van der Waals surface area contributed by atoms with E-state index in [0.29, 0.717) is 13.0 Å². The molecule has 1 aromatic rings. The van der Waals surface area contributed by atoms with E-state index in [0.717, 1.165) is 25.0 Å². The van der Waals surface area contributed by atoms with E-state index in [4.69, 9.17) is 5.11 Å². The number of carboxylic acid groups (broad SMARTS) is 1. The minimum absolute atomic E-state index is 0.137. The van der Waals surface area contributed by atoms with E-state index < -0.39 is 5.97 Å². The Labute approximate surface area is 125 Å². The smallest absolute Gasteiger partial charge is 0.315 e. The van der Waals surface area contributed by atoms with Crippen LogP contribution in [0.1, 0.15) is 50.8 Å². The van der Waals surface area contributed by atoms with Crippen molar-refractivity contribution in [2.24, 2.45) is 0 Å². The number of pyridine rings is 1. The van der Waals surface area contributed by atoms with Crippen molar-refractivity contribution >= 4 is 12.0 Å². The second-order valence-corrected chi connectivity index (χ2v) is 4.93. The summed E-state index contributed by atoms with van der Waals surface area (Å²) in [6.07, 6.45) is 5.25. The Morgan fingerprint density at radius 3 is 2.67 bits per heavy atom. The molecule has 0 saturated carbocycles. The summed E-state index contributed by atoms with van der Waals surface area (Å²) >= 11 is 0. The number of aliphatic carboxylic acids is 1. The number of unbranched alkanes of at least 4 members (excludes halogenated alkanes) is 3. The number of rotatable bonds is 9. The van der Waals surface area contributed by atoms with Crippen LogP contribution >= 0.6 is 0 Å². The van der Waals surface area contributed by atoms with E-state index in [9.17, 15) is 9.59 Å². The molecule has 0 aliphatic heterocycles. The Hall–Kier alpha value is -2.11. The highest BCUT2D eigenvalue weighted by atomic mass is 16.4. The SMILES string of the molecule is CC(NC(=O)NCCCCCCC(=O)O)c1ccccn1. The first-order chi connectivity index (χ1) is 10.1. The molecule has 1 atom stereocenters. The number of carbonyl (C=O) groups excluding carboxylic acids is 1. The number of amides is 2. The molecule has 0 aliphatic carbocycles. The first kappa shape index (κ1) is 16.9. The minimum atomic E-state index is -0.754. The van der Waals surface area contributed by atoms with Crippen LogP contribution in [0.4, 0.5) is 4.79 Å². The van der Waals surface area contributed by atoms with Crippen molar-refractivity contribution < 1.29 is 14.7 Å². The van der Waals surface area contributed by atoms with Gasteiger partial charge in [0.1, 0.15) is 0 Å². The van der Waals surface area contributed by atoms with Crippen LogP contribution in [0, 0.1) is 0 Å². The maximum absolute atomic E-state index is 11.7. The second kappa shape index (κ2) is 9.74. The molecule has 1 heterocycles. The van der Waals surface area contributed by atoms with Crippen LogP contribution in [0.5, 0.6) is 0 Å². The van der Waals surface area contributed by atoms with Crippen molar-refractivity contribution in [1.82, 2.24) is 15.6 Å². The van der Waals surface area contributed by atoms with Gasteiger partial charge in [0.05, 0.1) is 11.7 Å². The second-order valence-electron chi connectivity index (χ2n) is 4.93. The Morgan fingerprint density at radius 2 is 2.00 bits per heavy atom. The molecule has 0 saturated heterocycles. The van der Waals surface area contributed by atoms with E-state index in [1.165, 1.54) is 0 Å². The summed E-state index contributed by atoms with van der Waals surface area (Å²) < 4.78 is 0. The summed E-state index contributed by atoms with van der Waals surface area (Å²) in [5.41, 5.74) is 0.821. The molecular formula is C15H23N3O3. The molecule has 1 aromatic heterocycles. The summed E-state index contributed by atoms with van der Waals surface area (Å²) in [4.78, 5) is 26.2. The molecule has 6 heteroatoms. The molecule has 0 aliphatic rings. The van der Waals surface area contributed by atoms with E-state index in [2.05, 4.69) is 15.6 Å². The summed E-state index contributed by atoms with van der Waals surface area (Å²) in [5.74, 6) is -0.754. The normalized spacial score (nSPS) is 11.7. The molecule has 0 fully saturated rings. The highest BCUT2D eigenvalue weighted by molar-refractivity contribution is 5.74. The fraction of sp³-hybridized carbons (Fsp3) is 0.533. The van der Waals surface area contributed by atoms with Crippen molar-refractivity contribution in [2.45, 2.75) is 45.1 Å². The van der Waals surface area contributed by atoms with Crippen molar-refractivity contribution in [1.29, 1.82) is 0 Å². The zero-order valence-electron chi connectivity index (χ0n) is 12.3. The van der Waals surface area contributed by atoms with Gasteiger partial charge in [0, 0.05) is 19.2 Å². The largest absolute Gasteiger partial charge is 0.481 e. The molecular weight excluding hydrogens is 270 g/mol. The predicted octanol–water partition coefficient (Wildman–Crippen LogP) is 2.48. The fourth-order valence-corrected chi connectivity index (χ4v) is 1.91. The quantitative estimate of drug-likeness (QED) is 0.610. The first-order valence-electron chi connectivity index (χ1n) is 7.26. The first-order valence-corrected chi connectivity index (χ1v) is 7.26. The van der Waals surface area contributed by atoms with Gasteiger partial charge in [-0.05, 0) is 31.9 Å². The third-order valence-corrected chi connectivity index (χ3v) is 3.08. The molecule has 0 spiro atoms. The van der Waals surface area contributed by atoms with Gasteiger partial charge >= 0.3 is 12.0 Å². The van der Waals surface area contributed by atoms with Crippen LogP contribution < -0.4 is 10.6 Å². The van der Waals surface area contributed by atoms with Gasteiger partial charge in [0.15, 0.2) is 0 Å². The van der Waals surface area contributed by atoms with Crippen LogP contribution in [-0.2, 0) is 4.79 Å². The van der Waals surface area contributed by atoms with Gasteiger partial charge in [-0.2, -0.15) is 0 Å². The molecule has 1 unspecified atom stereocenters. The Bertz CT molecular complexity index is 437. The summed E-state index contributed by atoms with van der Waals surface area (Å²) in [6, 6.07) is 5.24. The van der Waals surface area contributed by atoms with Crippen LogP contribution in [0.15, 0.2) is 24.4 Å². The van der Waals surface area contributed by atoms with Crippen molar-refractivity contribution in [2.75, 3.05) is 6.54 Å². The number of aromatic nitrogens is 1. The standard InChI is InChI=1S/C15H23N3O3/c1-12(13-8-5-7-10-16-13)18-15(21)17-11-6-3-2-4-9-14(19)20/h5,7-8,10,12H,2-4,6,9,11H2,1H3,(H,19,20)(H2,17,18,21). The molecule has 0 bridgehead atoms. The number of nitrogens with one attached hydrogen (secondary N) is 2. The molecule has 1 rings (SSSR count). The monoisotopic (exact) mass is 293 g/mol. The average molecular weight is 293 g/mol. The molecule has 116 valence electrons. The summed E-state index contributed by atoms with van der Waals surface area (Å²) in [6.45, 7) is 2.47. The van der Waals surface area contributed by atoms with Crippen molar-refractivity contribution in [3.05, 3.63) is 30.1 Å². The maximum Gasteiger partial charge on any atom is 0.315 e. The van der Waals surface area contributed by atoms with Crippen LogP contribution in [0.2, 0.25) is 0 Å². The summed E-state index contributed by atoms with van der Waals surface area (Å²) in [7, 11) is 0. The average Bonchev–Trinajstić information content (AvgIpc) is 2.46. The molecule has 2 amide bonds. The summed E-state index contributed by atoms with van der Waals surface area (Å²) in [5, 5.41) is 14.1. The fourth-order valence-electron chi connectivity index (χ4n) is 1.91. The van der Waals surface area contributed by atoms with Crippen LogP contribution in [0.25, 0.3) is 0 Å². The third-order valence-electron chi connectivity index (χ3n) is 3.08. The lowest BCUT2D eigenvalue weighted by Crippen LogP contribution is -2.37. The molecule has 0 aromatic carbocycles. The Morgan fingerprint density at radius 1 is 1.24 bits per heavy atom. The number of carbonyl (C=O) groups is 2. The van der Waals surface area contributed by atoms with Crippen LogP contribution in [0.3, 0.4) is 0 Å². The van der Waals surface area contributed by atoms with Crippen molar-refractivity contribution in [3.63, 3.8) is 0 Å². The van der Waals surface area contributed by atoms with Crippen LogP contribution in [-0.4, -0.2) is 28.6 Å². The van der Waals surface area contributed by atoms with E-state index in [1.807, 2.05) is 25.1 Å². The van der Waals surface area contributed by atoms with Crippen molar-refractivity contribution in [3.8, 4) is 0 Å². The molecule has 3 N–H and O–H groups in total. The van der Waals surface area contributed by atoms with Gasteiger partial charge in [-0.3, -0.25) is 9.78 Å². The predicted molar refractivity (Wildman–Crippen MR) is 79.9 cm³/mol. The number of nitrogens with zero attached hydrogens (tertiary/aromatic N) is 1.